The highest BCUT2D eigenvalue weighted by molar-refractivity contribution is 6.16. The predicted molar refractivity (Wildman–Crippen MR) is 61.4 cm³/mol. The standard InChI is InChI=1S/C10H16ClN3O/c1-3-14(6-7-15-2)10-5-4-9(8-11)12-13-10/h4-5H,3,6-8H2,1-2H3. The van der Waals surface area contributed by atoms with Crippen molar-refractivity contribution >= 4 is 17.4 Å². The van der Waals surface area contributed by atoms with E-state index in [0.717, 1.165) is 24.6 Å². The van der Waals surface area contributed by atoms with Gasteiger partial charge in [-0.15, -0.1) is 16.7 Å². The van der Waals surface area contributed by atoms with Gasteiger partial charge in [-0.25, -0.2) is 0 Å². The zero-order valence-corrected chi connectivity index (χ0v) is 9.87. The van der Waals surface area contributed by atoms with Gasteiger partial charge in [-0.1, -0.05) is 0 Å². The lowest BCUT2D eigenvalue weighted by molar-refractivity contribution is 0.205. The van der Waals surface area contributed by atoms with Crippen LogP contribution in [0.25, 0.3) is 0 Å². The Morgan fingerprint density at radius 2 is 2.20 bits per heavy atom. The van der Waals surface area contributed by atoms with Gasteiger partial charge in [0.1, 0.15) is 0 Å². The number of anilines is 1. The number of ether oxygens (including phenoxy) is 1. The number of methoxy groups -OCH3 is 1. The van der Waals surface area contributed by atoms with E-state index >= 15 is 0 Å². The molecule has 0 aliphatic heterocycles. The first-order valence-electron chi connectivity index (χ1n) is 4.94. The number of nitrogens with zero attached hydrogens (tertiary/aromatic N) is 3. The minimum atomic E-state index is 0.400. The summed E-state index contributed by atoms with van der Waals surface area (Å²) in [5.74, 6) is 1.26. The van der Waals surface area contributed by atoms with Gasteiger partial charge in [0.2, 0.25) is 0 Å². The number of aromatic nitrogens is 2. The van der Waals surface area contributed by atoms with Gasteiger partial charge in [-0.2, -0.15) is 5.10 Å². The third kappa shape index (κ3) is 3.64. The highest BCUT2D eigenvalue weighted by Crippen LogP contribution is 2.09. The summed E-state index contributed by atoms with van der Waals surface area (Å²) in [6, 6.07) is 3.83. The lowest BCUT2D eigenvalue weighted by Crippen LogP contribution is -2.27. The maximum atomic E-state index is 5.64. The van der Waals surface area contributed by atoms with Crippen molar-refractivity contribution in [1.82, 2.24) is 10.2 Å². The monoisotopic (exact) mass is 229 g/mol. The normalized spacial score (nSPS) is 10.3. The van der Waals surface area contributed by atoms with Crippen LogP contribution in [0.15, 0.2) is 12.1 Å². The van der Waals surface area contributed by atoms with Crippen molar-refractivity contribution in [3.63, 3.8) is 0 Å². The average molecular weight is 230 g/mol. The molecule has 0 aromatic carbocycles. The van der Waals surface area contributed by atoms with Crippen molar-refractivity contribution < 1.29 is 4.74 Å². The summed E-state index contributed by atoms with van der Waals surface area (Å²) in [4.78, 5) is 2.11. The van der Waals surface area contributed by atoms with Crippen LogP contribution in [-0.4, -0.2) is 37.0 Å². The topological polar surface area (TPSA) is 38.2 Å². The van der Waals surface area contributed by atoms with E-state index in [1.54, 1.807) is 7.11 Å². The van der Waals surface area contributed by atoms with Crippen molar-refractivity contribution in [2.24, 2.45) is 0 Å². The summed E-state index contributed by atoms with van der Waals surface area (Å²) >= 11 is 5.64. The molecule has 0 unspecified atom stereocenters. The molecule has 0 bridgehead atoms. The third-order valence-electron chi connectivity index (χ3n) is 2.11. The van der Waals surface area contributed by atoms with Gasteiger partial charge < -0.3 is 9.64 Å². The SMILES string of the molecule is CCN(CCOC)c1ccc(CCl)nn1. The molecule has 1 rings (SSSR count). The number of alkyl halides is 1. The second-order valence-electron chi connectivity index (χ2n) is 3.09. The van der Waals surface area contributed by atoms with Crippen molar-refractivity contribution in [3.05, 3.63) is 17.8 Å². The van der Waals surface area contributed by atoms with E-state index in [9.17, 15) is 0 Å². The quantitative estimate of drug-likeness (QED) is 0.696. The summed E-state index contributed by atoms with van der Waals surface area (Å²) in [5.41, 5.74) is 0.795. The molecular formula is C10H16ClN3O. The van der Waals surface area contributed by atoms with Gasteiger partial charge in [-0.05, 0) is 19.1 Å². The lowest BCUT2D eigenvalue weighted by atomic mass is 10.4. The Bertz CT molecular complexity index is 279. The van der Waals surface area contributed by atoms with E-state index in [2.05, 4.69) is 22.0 Å². The van der Waals surface area contributed by atoms with Gasteiger partial charge in [-0.3, -0.25) is 0 Å². The summed E-state index contributed by atoms with van der Waals surface area (Å²) in [6.45, 7) is 4.47. The molecule has 0 fully saturated rings. The molecule has 0 atom stereocenters. The smallest absolute Gasteiger partial charge is 0.151 e. The first-order chi connectivity index (χ1) is 7.31. The molecule has 0 N–H and O–H groups in total. The molecule has 84 valence electrons. The summed E-state index contributed by atoms with van der Waals surface area (Å²) < 4.78 is 5.03. The van der Waals surface area contributed by atoms with Crippen LogP contribution in [0.5, 0.6) is 0 Å². The first-order valence-corrected chi connectivity index (χ1v) is 5.47. The van der Waals surface area contributed by atoms with E-state index in [1.165, 1.54) is 0 Å². The zero-order chi connectivity index (χ0) is 11.1. The molecule has 1 aromatic rings. The van der Waals surface area contributed by atoms with Crippen LogP contribution >= 0.6 is 11.6 Å². The Hall–Kier alpha value is -0.870. The van der Waals surface area contributed by atoms with Crippen LogP contribution in [-0.2, 0) is 10.6 Å². The molecular weight excluding hydrogens is 214 g/mol. The molecule has 15 heavy (non-hydrogen) atoms. The van der Waals surface area contributed by atoms with Crippen LogP contribution in [0.1, 0.15) is 12.6 Å². The molecule has 5 heteroatoms. The third-order valence-corrected chi connectivity index (χ3v) is 2.39. The molecule has 1 heterocycles. The minimum absolute atomic E-state index is 0.400. The second-order valence-corrected chi connectivity index (χ2v) is 3.36. The van der Waals surface area contributed by atoms with Crippen molar-refractivity contribution in [2.45, 2.75) is 12.8 Å². The lowest BCUT2D eigenvalue weighted by Gasteiger charge is -2.20. The van der Waals surface area contributed by atoms with Gasteiger partial charge in [0.15, 0.2) is 5.82 Å². The molecule has 0 radical (unpaired) electrons. The Kier molecular flexibility index (Phi) is 5.36. The van der Waals surface area contributed by atoms with Gasteiger partial charge in [0.25, 0.3) is 0 Å². The van der Waals surface area contributed by atoms with Gasteiger partial charge in [0, 0.05) is 20.2 Å². The highest BCUT2D eigenvalue weighted by Gasteiger charge is 2.05. The fraction of sp³-hybridized carbons (Fsp3) is 0.600. The fourth-order valence-electron chi connectivity index (χ4n) is 1.23. The molecule has 1 aromatic heterocycles. The van der Waals surface area contributed by atoms with Crippen molar-refractivity contribution in [2.75, 3.05) is 31.7 Å². The molecule has 4 nitrogen and oxygen atoms in total. The van der Waals surface area contributed by atoms with Crippen LogP contribution in [0.3, 0.4) is 0 Å². The summed E-state index contributed by atoms with van der Waals surface area (Å²) in [7, 11) is 1.69. The average Bonchev–Trinajstić information content (AvgIpc) is 2.31. The maximum Gasteiger partial charge on any atom is 0.151 e. The van der Waals surface area contributed by atoms with E-state index in [1.807, 2.05) is 12.1 Å². The van der Waals surface area contributed by atoms with Crippen molar-refractivity contribution in [1.29, 1.82) is 0 Å². The van der Waals surface area contributed by atoms with Crippen LogP contribution in [0.2, 0.25) is 0 Å². The maximum absolute atomic E-state index is 5.64. The zero-order valence-electron chi connectivity index (χ0n) is 9.11. The molecule has 0 aliphatic carbocycles. The number of likely N-dealkylation sites (N-methyl/N-ethyl adjacent to an activating group) is 1. The first kappa shape index (κ1) is 12.2. The largest absolute Gasteiger partial charge is 0.383 e. The van der Waals surface area contributed by atoms with Crippen LogP contribution in [0, 0.1) is 0 Å². The second kappa shape index (κ2) is 6.58. The van der Waals surface area contributed by atoms with Crippen LogP contribution in [0.4, 0.5) is 5.82 Å². The number of hydrogen-bond acceptors (Lipinski definition) is 4. The minimum Gasteiger partial charge on any atom is -0.383 e. The molecule has 0 saturated carbocycles. The Labute approximate surface area is 95.2 Å². The Morgan fingerprint density at radius 3 is 2.67 bits per heavy atom. The Morgan fingerprint density at radius 1 is 1.40 bits per heavy atom. The summed E-state index contributed by atoms with van der Waals surface area (Å²) in [6.07, 6.45) is 0. The molecule has 0 saturated heterocycles. The number of halogens is 1. The fourth-order valence-corrected chi connectivity index (χ4v) is 1.37. The van der Waals surface area contributed by atoms with Crippen LogP contribution < -0.4 is 4.90 Å². The van der Waals surface area contributed by atoms with Gasteiger partial charge >= 0.3 is 0 Å². The Balaban J connectivity index is 2.65. The predicted octanol–water partition coefficient (Wildman–Crippen LogP) is 1.69. The number of hydrogen-bond donors (Lipinski definition) is 0. The van der Waals surface area contributed by atoms with E-state index in [4.69, 9.17) is 16.3 Å². The molecule has 0 amide bonds. The van der Waals surface area contributed by atoms with E-state index in [-0.39, 0.29) is 0 Å². The highest BCUT2D eigenvalue weighted by atomic mass is 35.5. The van der Waals surface area contributed by atoms with E-state index < -0.39 is 0 Å². The van der Waals surface area contributed by atoms with E-state index in [0.29, 0.717) is 12.5 Å². The summed E-state index contributed by atoms with van der Waals surface area (Å²) in [5, 5.41) is 8.12. The molecule has 0 spiro atoms. The number of rotatable bonds is 6. The van der Waals surface area contributed by atoms with Crippen molar-refractivity contribution in [3.8, 4) is 0 Å². The molecule has 0 aliphatic rings. The van der Waals surface area contributed by atoms with Gasteiger partial charge in [0.05, 0.1) is 18.2 Å².